The highest BCUT2D eigenvalue weighted by molar-refractivity contribution is 5.76. The first-order valence-electron chi connectivity index (χ1n) is 26.1. The highest BCUT2D eigenvalue weighted by atomic mass is 16.7. The number of amides is 1. The van der Waals surface area contributed by atoms with Crippen LogP contribution < -0.4 is 5.32 Å². The number of rotatable bonds is 44. The Morgan fingerprint density at radius 1 is 0.571 bits per heavy atom. The summed E-state index contributed by atoms with van der Waals surface area (Å²) in [7, 11) is 0. The lowest BCUT2D eigenvalue weighted by molar-refractivity contribution is -0.302. The van der Waals surface area contributed by atoms with E-state index in [0.29, 0.717) is 19.4 Å². The summed E-state index contributed by atoms with van der Waals surface area (Å²) in [6, 6.07) is -0.819. The zero-order valence-electron chi connectivity index (χ0n) is 40.3. The van der Waals surface area contributed by atoms with Crippen LogP contribution in [0.15, 0.2) is 24.3 Å². The first-order chi connectivity index (χ1) is 30.7. The lowest BCUT2D eigenvalue weighted by Gasteiger charge is -2.40. The van der Waals surface area contributed by atoms with E-state index in [1.165, 1.54) is 122 Å². The quantitative estimate of drug-likeness (QED) is 0.0196. The molecule has 0 saturated carbocycles. The average molecular weight is 896 g/mol. The van der Waals surface area contributed by atoms with Crippen LogP contribution in [0.5, 0.6) is 0 Å². The van der Waals surface area contributed by atoms with Crippen LogP contribution in [-0.4, -0.2) is 100 Å². The molecule has 63 heavy (non-hydrogen) atoms. The minimum absolute atomic E-state index is 0.0303. The van der Waals surface area contributed by atoms with Crippen molar-refractivity contribution in [3.05, 3.63) is 24.3 Å². The summed E-state index contributed by atoms with van der Waals surface area (Å²) in [6.45, 7) is 4.25. The molecule has 0 bridgehead atoms. The van der Waals surface area contributed by atoms with E-state index < -0.39 is 49.5 Å². The van der Waals surface area contributed by atoms with Gasteiger partial charge in [-0.05, 0) is 57.8 Å². The van der Waals surface area contributed by atoms with Crippen LogP contribution in [-0.2, 0) is 23.8 Å². The zero-order chi connectivity index (χ0) is 46.0. The number of nitrogens with one attached hydrogen (secondary N) is 1. The standard InChI is InChI=1S/C52H97NO10/c1-3-5-7-9-11-13-19-24-28-32-36-40-48(57)61-41-37-33-29-25-21-18-16-14-15-17-20-23-27-31-35-39-47(56)53-44(45(55)38-34-30-26-22-12-10-8-6-4-2)43-62-52-51(60)50(59)49(58)46(42-54)63-52/h16,18,34,38,44-46,49-52,54-55,58-60H,3-15,17,19-33,35-37,39-43H2,1-2H3,(H,53,56)/b18-16-,38-34+. The number of carbonyl (C=O) groups is 2. The van der Waals surface area contributed by atoms with E-state index in [9.17, 15) is 35.1 Å². The minimum Gasteiger partial charge on any atom is -0.466 e. The van der Waals surface area contributed by atoms with Crippen LogP contribution in [0, 0.1) is 0 Å². The number of unbranched alkanes of at least 4 members (excludes halogenated alkanes) is 28. The number of aliphatic hydroxyl groups is 5. The number of aliphatic hydroxyl groups excluding tert-OH is 5. The molecule has 0 radical (unpaired) electrons. The Kier molecular flexibility index (Phi) is 40.1. The monoisotopic (exact) mass is 896 g/mol. The molecular weight excluding hydrogens is 799 g/mol. The third-order valence-electron chi connectivity index (χ3n) is 12.3. The van der Waals surface area contributed by atoms with Crippen molar-refractivity contribution in [2.75, 3.05) is 19.8 Å². The third kappa shape index (κ3) is 33.3. The van der Waals surface area contributed by atoms with Crippen LogP contribution in [0.4, 0.5) is 0 Å². The van der Waals surface area contributed by atoms with Crippen LogP contribution in [0.2, 0.25) is 0 Å². The second kappa shape index (κ2) is 42.8. The van der Waals surface area contributed by atoms with E-state index in [4.69, 9.17) is 14.2 Å². The Balaban J connectivity index is 2.14. The van der Waals surface area contributed by atoms with Crippen LogP contribution >= 0.6 is 0 Å². The molecule has 1 heterocycles. The van der Waals surface area contributed by atoms with E-state index in [-0.39, 0.29) is 18.5 Å². The largest absolute Gasteiger partial charge is 0.466 e. The molecule has 370 valence electrons. The normalized spacial score (nSPS) is 20.1. The fraction of sp³-hybridized carbons (Fsp3) is 0.885. The second-order valence-corrected chi connectivity index (χ2v) is 18.2. The van der Waals surface area contributed by atoms with E-state index in [2.05, 4.69) is 31.3 Å². The Bertz CT molecular complexity index is 1100. The van der Waals surface area contributed by atoms with Crippen molar-refractivity contribution in [2.24, 2.45) is 0 Å². The molecule has 0 aliphatic carbocycles. The fourth-order valence-corrected chi connectivity index (χ4v) is 8.07. The number of esters is 1. The first kappa shape index (κ1) is 59.2. The molecule has 1 amide bonds. The number of carbonyl (C=O) groups excluding carboxylic acids is 2. The molecule has 11 heteroatoms. The van der Waals surface area contributed by atoms with Crippen molar-refractivity contribution in [1.29, 1.82) is 0 Å². The molecule has 1 saturated heterocycles. The van der Waals surface area contributed by atoms with Gasteiger partial charge in [0.05, 0.1) is 32.0 Å². The van der Waals surface area contributed by atoms with Gasteiger partial charge in [-0.15, -0.1) is 0 Å². The Morgan fingerprint density at radius 2 is 1.02 bits per heavy atom. The zero-order valence-corrected chi connectivity index (χ0v) is 40.3. The van der Waals surface area contributed by atoms with Gasteiger partial charge in [0, 0.05) is 12.8 Å². The van der Waals surface area contributed by atoms with Gasteiger partial charge in [0.1, 0.15) is 24.4 Å². The molecule has 0 aromatic carbocycles. The van der Waals surface area contributed by atoms with Crippen molar-refractivity contribution in [3.63, 3.8) is 0 Å². The molecule has 1 aliphatic heterocycles. The Hall–Kier alpha value is -1.86. The van der Waals surface area contributed by atoms with Gasteiger partial charge in [0.15, 0.2) is 6.29 Å². The summed E-state index contributed by atoms with van der Waals surface area (Å²) >= 11 is 0. The van der Waals surface area contributed by atoms with Gasteiger partial charge in [0.2, 0.25) is 5.91 Å². The van der Waals surface area contributed by atoms with Crippen molar-refractivity contribution >= 4 is 11.9 Å². The lowest BCUT2D eigenvalue weighted by atomic mass is 9.99. The number of allylic oxidation sites excluding steroid dienone is 3. The third-order valence-corrected chi connectivity index (χ3v) is 12.3. The van der Waals surface area contributed by atoms with Crippen LogP contribution in [0.1, 0.15) is 232 Å². The van der Waals surface area contributed by atoms with E-state index in [1.807, 2.05) is 6.08 Å². The average Bonchev–Trinajstić information content (AvgIpc) is 3.28. The summed E-state index contributed by atoms with van der Waals surface area (Å²) in [4.78, 5) is 24.9. The summed E-state index contributed by atoms with van der Waals surface area (Å²) in [5, 5.41) is 54.1. The molecule has 6 N–H and O–H groups in total. The molecule has 1 rings (SSSR count). The Morgan fingerprint density at radius 3 is 1.52 bits per heavy atom. The SMILES string of the molecule is CCCCCCCCC/C=C/C(O)C(COC1OC(CO)C(O)C(O)C1O)NC(=O)CCCCCCCCC/C=C\CCCCCCOC(=O)CCCCCCCCCCCCC. The highest BCUT2D eigenvalue weighted by Crippen LogP contribution is 2.23. The summed E-state index contributed by atoms with van der Waals surface area (Å²) in [6.07, 6.45) is 38.3. The smallest absolute Gasteiger partial charge is 0.305 e. The van der Waals surface area contributed by atoms with Crippen molar-refractivity contribution < 1.29 is 49.3 Å². The Labute approximate surface area is 384 Å². The molecule has 7 atom stereocenters. The topological polar surface area (TPSA) is 175 Å². The van der Waals surface area contributed by atoms with Crippen molar-refractivity contribution in [1.82, 2.24) is 5.32 Å². The molecular formula is C52H97NO10. The number of ether oxygens (including phenoxy) is 3. The van der Waals surface area contributed by atoms with E-state index in [0.717, 1.165) is 83.5 Å². The van der Waals surface area contributed by atoms with Gasteiger partial charge in [-0.25, -0.2) is 0 Å². The van der Waals surface area contributed by atoms with Crippen molar-refractivity contribution in [3.8, 4) is 0 Å². The van der Waals surface area contributed by atoms with Crippen LogP contribution in [0.25, 0.3) is 0 Å². The van der Waals surface area contributed by atoms with E-state index in [1.54, 1.807) is 6.08 Å². The number of hydrogen-bond donors (Lipinski definition) is 6. The molecule has 11 nitrogen and oxygen atoms in total. The molecule has 1 aliphatic rings. The van der Waals surface area contributed by atoms with Gasteiger partial charge in [0.25, 0.3) is 0 Å². The summed E-state index contributed by atoms with van der Waals surface area (Å²) < 4.78 is 16.6. The maximum atomic E-state index is 12.9. The van der Waals surface area contributed by atoms with Crippen LogP contribution in [0.3, 0.4) is 0 Å². The summed E-state index contributed by atoms with van der Waals surface area (Å²) in [5.41, 5.74) is 0. The second-order valence-electron chi connectivity index (χ2n) is 18.2. The van der Waals surface area contributed by atoms with Gasteiger partial charge >= 0.3 is 5.97 Å². The molecule has 0 spiro atoms. The molecule has 1 fully saturated rings. The maximum absolute atomic E-state index is 12.9. The first-order valence-corrected chi connectivity index (χ1v) is 26.1. The number of hydrogen-bond acceptors (Lipinski definition) is 10. The molecule has 0 aromatic heterocycles. The van der Waals surface area contributed by atoms with Gasteiger partial charge < -0.3 is 45.1 Å². The van der Waals surface area contributed by atoms with Gasteiger partial charge in [-0.2, -0.15) is 0 Å². The summed E-state index contributed by atoms with van der Waals surface area (Å²) in [5.74, 6) is -0.230. The predicted molar refractivity (Wildman–Crippen MR) is 255 cm³/mol. The fourth-order valence-electron chi connectivity index (χ4n) is 8.07. The van der Waals surface area contributed by atoms with Gasteiger partial charge in [-0.3, -0.25) is 9.59 Å². The highest BCUT2D eigenvalue weighted by Gasteiger charge is 2.44. The van der Waals surface area contributed by atoms with E-state index >= 15 is 0 Å². The molecule has 7 unspecified atom stereocenters. The predicted octanol–water partition coefficient (Wildman–Crippen LogP) is 10.6. The minimum atomic E-state index is -1.57. The van der Waals surface area contributed by atoms with Crippen molar-refractivity contribution in [2.45, 2.75) is 275 Å². The van der Waals surface area contributed by atoms with Gasteiger partial charge in [-0.1, -0.05) is 186 Å². The molecule has 0 aromatic rings. The maximum Gasteiger partial charge on any atom is 0.305 e. The lowest BCUT2D eigenvalue weighted by Crippen LogP contribution is -2.60.